The molecule has 0 amide bonds. The van der Waals surface area contributed by atoms with E-state index in [2.05, 4.69) is 26.5 Å². The van der Waals surface area contributed by atoms with Crippen molar-refractivity contribution in [1.29, 1.82) is 0 Å². The fourth-order valence-electron chi connectivity index (χ4n) is 3.38. The van der Waals surface area contributed by atoms with E-state index in [-0.39, 0.29) is 0 Å². The van der Waals surface area contributed by atoms with Crippen molar-refractivity contribution in [1.82, 2.24) is 20.0 Å². The molecule has 1 aromatic carbocycles. The summed E-state index contributed by atoms with van der Waals surface area (Å²) in [6.45, 7) is 2.65. The number of hydrogen-bond acceptors (Lipinski definition) is 3. The van der Waals surface area contributed by atoms with Crippen molar-refractivity contribution in [2.24, 2.45) is 18.0 Å². The summed E-state index contributed by atoms with van der Waals surface area (Å²) in [5.41, 5.74) is 1.29. The minimum absolute atomic E-state index is 0.579. The van der Waals surface area contributed by atoms with Gasteiger partial charge in [0.1, 0.15) is 0 Å². The van der Waals surface area contributed by atoms with E-state index in [0.29, 0.717) is 18.2 Å². The molecule has 0 saturated carbocycles. The monoisotopic (exact) mass is 373 g/mol. The van der Waals surface area contributed by atoms with Crippen molar-refractivity contribution < 1.29 is 4.21 Å². The third-order valence-corrected chi connectivity index (χ3v) is 6.03. The van der Waals surface area contributed by atoms with E-state index in [9.17, 15) is 4.21 Å². The molecule has 1 fully saturated rings. The van der Waals surface area contributed by atoms with Crippen LogP contribution in [0.2, 0.25) is 0 Å². The molecule has 1 saturated heterocycles. The van der Waals surface area contributed by atoms with E-state index >= 15 is 0 Å². The number of aromatic nitrogens is 2. The van der Waals surface area contributed by atoms with Crippen LogP contribution in [0, 0.1) is 5.92 Å². The van der Waals surface area contributed by atoms with Gasteiger partial charge in [-0.15, -0.1) is 0 Å². The van der Waals surface area contributed by atoms with Crippen LogP contribution in [0.25, 0.3) is 0 Å². The van der Waals surface area contributed by atoms with E-state index in [1.54, 1.807) is 0 Å². The van der Waals surface area contributed by atoms with Crippen molar-refractivity contribution in [3.05, 3.63) is 48.3 Å². The number of rotatable bonds is 6. The Balaban J connectivity index is 1.45. The van der Waals surface area contributed by atoms with Crippen LogP contribution >= 0.6 is 0 Å². The summed E-state index contributed by atoms with van der Waals surface area (Å²) in [6.07, 6.45) is 6.26. The van der Waals surface area contributed by atoms with Crippen LogP contribution in [-0.4, -0.2) is 57.3 Å². The number of nitrogens with one attached hydrogen (secondary N) is 1. The van der Waals surface area contributed by atoms with Crippen molar-refractivity contribution >= 4 is 16.8 Å². The van der Waals surface area contributed by atoms with Crippen LogP contribution in [0.5, 0.6) is 0 Å². The van der Waals surface area contributed by atoms with Crippen LogP contribution in [0.4, 0.5) is 0 Å². The first kappa shape index (κ1) is 18.6. The number of hydrogen-bond donors (Lipinski definition) is 1. The number of aryl methyl sites for hydroxylation is 1. The second-order valence-corrected chi connectivity index (χ2v) is 8.23. The average molecular weight is 374 g/mol. The molecule has 3 rings (SSSR count). The summed E-state index contributed by atoms with van der Waals surface area (Å²) in [6, 6.07) is 9.61. The number of nitrogens with zero attached hydrogens (tertiary/aromatic N) is 4. The fraction of sp³-hybridized carbons (Fsp3) is 0.474. The predicted octanol–water partition coefficient (Wildman–Crippen LogP) is 1.67. The molecule has 2 atom stereocenters. The first-order valence-electron chi connectivity index (χ1n) is 9.02. The maximum atomic E-state index is 12.3. The lowest BCUT2D eigenvalue weighted by molar-refractivity contribution is 0.461. The predicted molar refractivity (Wildman–Crippen MR) is 106 cm³/mol. The van der Waals surface area contributed by atoms with E-state index in [1.807, 2.05) is 55.3 Å². The third-order valence-electron chi connectivity index (χ3n) is 4.66. The van der Waals surface area contributed by atoms with Gasteiger partial charge in [0.25, 0.3) is 0 Å². The zero-order valence-corrected chi connectivity index (χ0v) is 16.3. The molecular formula is C19H27N5OS. The molecule has 6 nitrogen and oxygen atoms in total. The number of guanidine groups is 1. The number of aliphatic imine (C=N–C) groups is 1. The largest absolute Gasteiger partial charge is 0.355 e. The van der Waals surface area contributed by atoms with Crippen molar-refractivity contribution in [2.45, 2.75) is 17.7 Å². The molecule has 0 spiro atoms. The molecular weight excluding hydrogens is 346 g/mol. The molecule has 1 N–H and O–H groups in total. The molecule has 7 heteroatoms. The molecule has 1 aliphatic heterocycles. The highest BCUT2D eigenvalue weighted by molar-refractivity contribution is 7.85. The summed E-state index contributed by atoms with van der Waals surface area (Å²) in [5, 5.41) is 7.62. The SMILES string of the molecule is CN=C(NCCS(=O)c1ccccc1)N1CCC(Cc2cnn(C)c2)C1. The normalized spacial score (nSPS) is 18.9. The van der Waals surface area contributed by atoms with E-state index in [1.165, 1.54) is 5.56 Å². The van der Waals surface area contributed by atoms with Crippen LogP contribution < -0.4 is 5.32 Å². The zero-order chi connectivity index (χ0) is 18.4. The molecule has 2 heterocycles. The Morgan fingerprint density at radius 1 is 1.38 bits per heavy atom. The zero-order valence-electron chi connectivity index (χ0n) is 15.5. The van der Waals surface area contributed by atoms with Crippen LogP contribution in [0.15, 0.2) is 52.6 Å². The summed E-state index contributed by atoms with van der Waals surface area (Å²) < 4.78 is 14.2. The molecule has 2 unspecified atom stereocenters. The Bertz CT molecular complexity index is 758. The van der Waals surface area contributed by atoms with Gasteiger partial charge in [-0.2, -0.15) is 5.10 Å². The average Bonchev–Trinajstić information content (AvgIpc) is 3.28. The highest BCUT2D eigenvalue weighted by Crippen LogP contribution is 2.20. The van der Waals surface area contributed by atoms with Gasteiger partial charge in [-0.1, -0.05) is 18.2 Å². The maximum absolute atomic E-state index is 12.3. The lowest BCUT2D eigenvalue weighted by Crippen LogP contribution is -2.41. The highest BCUT2D eigenvalue weighted by atomic mass is 32.2. The lowest BCUT2D eigenvalue weighted by atomic mass is 10.0. The number of likely N-dealkylation sites (tertiary alicyclic amines) is 1. The van der Waals surface area contributed by atoms with Gasteiger partial charge in [-0.05, 0) is 36.5 Å². The fourth-order valence-corrected chi connectivity index (χ4v) is 4.36. The van der Waals surface area contributed by atoms with Crippen molar-refractivity contribution in [3.63, 3.8) is 0 Å². The summed E-state index contributed by atoms with van der Waals surface area (Å²) >= 11 is 0. The Morgan fingerprint density at radius 3 is 2.88 bits per heavy atom. The molecule has 0 aliphatic carbocycles. The van der Waals surface area contributed by atoms with Crippen LogP contribution in [-0.2, 0) is 24.3 Å². The Hall–Kier alpha value is -2.15. The van der Waals surface area contributed by atoms with Crippen molar-refractivity contribution in [2.75, 3.05) is 32.4 Å². The standard InChI is InChI=1S/C19H27N5OS/c1-20-19(21-9-11-26(25)18-6-4-3-5-7-18)24-10-8-16(15-24)12-17-13-22-23(2)14-17/h3-7,13-14,16H,8-12,15H2,1-2H3,(H,20,21). The van der Waals surface area contributed by atoms with E-state index < -0.39 is 10.8 Å². The summed E-state index contributed by atoms with van der Waals surface area (Å²) in [7, 11) is 2.78. The van der Waals surface area contributed by atoms with Gasteiger partial charge in [0.2, 0.25) is 0 Å². The van der Waals surface area contributed by atoms with Crippen molar-refractivity contribution in [3.8, 4) is 0 Å². The lowest BCUT2D eigenvalue weighted by Gasteiger charge is -2.21. The Kier molecular flexibility index (Phi) is 6.44. The van der Waals surface area contributed by atoms with Gasteiger partial charge < -0.3 is 10.2 Å². The first-order chi connectivity index (χ1) is 12.7. The Morgan fingerprint density at radius 2 is 2.19 bits per heavy atom. The topological polar surface area (TPSA) is 62.5 Å². The second kappa shape index (κ2) is 8.98. The molecule has 140 valence electrons. The first-order valence-corrected chi connectivity index (χ1v) is 10.3. The van der Waals surface area contributed by atoms with Gasteiger partial charge in [0.05, 0.1) is 17.0 Å². The molecule has 1 aromatic heterocycles. The minimum atomic E-state index is -0.980. The van der Waals surface area contributed by atoms with Gasteiger partial charge in [0, 0.05) is 50.6 Å². The molecule has 26 heavy (non-hydrogen) atoms. The van der Waals surface area contributed by atoms with Gasteiger partial charge in [-0.25, -0.2) is 0 Å². The molecule has 0 bridgehead atoms. The smallest absolute Gasteiger partial charge is 0.193 e. The molecule has 0 radical (unpaired) electrons. The van der Waals surface area contributed by atoms with Gasteiger partial charge in [0.15, 0.2) is 5.96 Å². The summed E-state index contributed by atoms with van der Waals surface area (Å²) in [5.74, 6) is 2.11. The molecule has 1 aliphatic rings. The van der Waals surface area contributed by atoms with Gasteiger partial charge >= 0.3 is 0 Å². The van der Waals surface area contributed by atoms with E-state index in [0.717, 1.165) is 36.8 Å². The van der Waals surface area contributed by atoms with Crippen LogP contribution in [0.3, 0.4) is 0 Å². The maximum Gasteiger partial charge on any atom is 0.193 e. The number of benzene rings is 1. The quantitative estimate of drug-likeness (QED) is 0.618. The Labute approximate surface area is 157 Å². The minimum Gasteiger partial charge on any atom is -0.355 e. The third kappa shape index (κ3) is 4.94. The highest BCUT2D eigenvalue weighted by Gasteiger charge is 2.25. The molecule has 2 aromatic rings. The van der Waals surface area contributed by atoms with E-state index in [4.69, 9.17) is 0 Å². The van der Waals surface area contributed by atoms with Crippen LogP contribution in [0.1, 0.15) is 12.0 Å². The second-order valence-electron chi connectivity index (χ2n) is 6.66. The summed E-state index contributed by atoms with van der Waals surface area (Å²) in [4.78, 5) is 7.58. The van der Waals surface area contributed by atoms with Gasteiger partial charge in [-0.3, -0.25) is 13.9 Å².